The van der Waals surface area contributed by atoms with Crippen LogP contribution in [0.1, 0.15) is 31.7 Å². The number of fused-ring (bicyclic) bond motifs is 2. The fourth-order valence-electron chi connectivity index (χ4n) is 5.96. The summed E-state index contributed by atoms with van der Waals surface area (Å²) in [6, 6.07) is 15.6. The maximum Gasteiger partial charge on any atom is 0.167 e. The topological polar surface area (TPSA) is 114 Å². The molecule has 2 fully saturated rings. The summed E-state index contributed by atoms with van der Waals surface area (Å²) >= 11 is 0. The van der Waals surface area contributed by atoms with Crippen molar-refractivity contribution in [1.82, 2.24) is 15.6 Å². The summed E-state index contributed by atoms with van der Waals surface area (Å²) in [6.07, 6.45) is 1.91. The van der Waals surface area contributed by atoms with Crippen LogP contribution in [0.25, 0.3) is 10.9 Å². The molecule has 0 aliphatic carbocycles. The van der Waals surface area contributed by atoms with Gasteiger partial charge in [0, 0.05) is 42.0 Å². The van der Waals surface area contributed by atoms with Gasteiger partial charge >= 0.3 is 0 Å². The zero-order valence-corrected chi connectivity index (χ0v) is 25.3. The SMILES string of the molecule is COc1cc2nccc(Oc3ccc(NC4NCCC5NCC(c6ccc(F)cc6)C(=O)C54)cc3F)c2cc1OCC(C)(C)O. The van der Waals surface area contributed by atoms with Gasteiger partial charge in [0.25, 0.3) is 0 Å². The first-order chi connectivity index (χ1) is 21.6. The van der Waals surface area contributed by atoms with E-state index in [0.29, 0.717) is 46.9 Å². The Hall–Kier alpha value is -4.32. The highest BCUT2D eigenvalue weighted by atomic mass is 19.1. The van der Waals surface area contributed by atoms with Gasteiger partial charge in [-0.15, -0.1) is 0 Å². The van der Waals surface area contributed by atoms with E-state index in [1.807, 2.05) is 0 Å². The minimum atomic E-state index is -1.06. The molecule has 3 heterocycles. The number of benzene rings is 3. The number of piperidine rings is 2. The van der Waals surface area contributed by atoms with Crippen molar-refractivity contribution in [3.05, 3.63) is 84.1 Å². The first-order valence-corrected chi connectivity index (χ1v) is 14.9. The fraction of sp³-hybridized carbons (Fsp3) is 0.353. The molecule has 0 radical (unpaired) electrons. The van der Waals surface area contributed by atoms with E-state index in [4.69, 9.17) is 14.2 Å². The minimum absolute atomic E-state index is 0.00379. The molecule has 9 nitrogen and oxygen atoms in total. The highest BCUT2D eigenvalue weighted by Gasteiger charge is 2.44. The number of methoxy groups -OCH3 is 1. The van der Waals surface area contributed by atoms with E-state index < -0.39 is 29.4 Å². The molecule has 1 aromatic heterocycles. The molecule has 2 saturated heterocycles. The number of pyridine rings is 1. The number of Topliss-reactive ketones (excluding diaryl/α,β-unsaturated/α-hetero) is 1. The third kappa shape index (κ3) is 6.70. The molecule has 4 atom stereocenters. The predicted molar refractivity (Wildman–Crippen MR) is 166 cm³/mol. The van der Waals surface area contributed by atoms with Crippen molar-refractivity contribution in [2.24, 2.45) is 5.92 Å². The Morgan fingerprint density at radius 1 is 1.00 bits per heavy atom. The summed E-state index contributed by atoms with van der Waals surface area (Å²) in [5, 5.41) is 20.9. The Kier molecular flexibility index (Phi) is 8.59. The lowest BCUT2D eigenvalue weighted by Crippen LogP contribution is -2.63. The van der Waals surface area contributed by atoms with Crippen LogP contribution in [0.4, 0.5) is 14.5 Å². The lowest BCUT2D eigenvalue weighted by atomic mass is 9.75. The van der Waals surface area contributed by atoms with Gasteiger partial charge in [-0.1, -0.05) is 12.1 Å². The average Bonchev–Trinajstić information content (AvgIpc) is 3.01. The second kappa shape index (κ2) is 12.6. The quantitative estimate of drug-likeness (QED) is 0.203. The van der Waals surface area contributed by atoms with Crippen molar-refractivity contribution < 1.29 is 32.9 Å². The third-order valence-corrected chi connectivity index (χ3v) is 8.18. The number of aliphatic hydroxyl groups is 1. The largest absolute Gasteiger partial charge is 0.493 e. The van der Waals surface area contributed by atoms with E-state index in [0.717, 1.165) is 12.0 Å². The predicted octanol–water partition coefficient (Wildman–Crippen LogP) is 5.14. The van der Waals surface area contributed by atoms with Gasteiger partial charge in [0.2, 0.25) is 0 Å². The van der Waals surface area contributed by atoms with E-state index in [2.05, 4.69) is 20.9 Å². The third-order valence-electron chi connectivity index (χ3n) is 8.18. The number of hydrogen-bond acceptors (Lipinski definition) is 9. The first kappa shape index (κ1) is 30.7. The number of nitrogens with one attached hydrogen (secondary N) is 3. The van der Waals surface area contributed by atoms with E-state index >= 15 is 4.39 Å². The van der Waals surface area contributed by atoms with E-state index in [9.17, 15) is 14.3 Å². The molecule has 4 aromatic rings. The summed E-state index contributed by atoms with van der Waals surface area (Å²) in [6.45, 7) is 4.47. The van der Waals surface area contributed by atoms with Gasteiger partial charge in [-0.3, -0.25) is 15.1 Å². The molecule has 2 aliphatic rings. The highest BCUT2D eigenvalue weighted by molar-refractivity contribution is 5.91. The molecule has 0 saturated carbocycles. The molecule has 2 aliphatic heterocycles. The molecule has 4 N–H and O–H groups in total. The van der Waals surface area contributed by atoms with Crippen molar-refractivity contribution in [3.8, 4) is 23.0 Å². The van der Waals surface area contributed by atoms with Gasteiger partial charge in [-0.2, -0.15) is 0 Å². The second-order valence-corrected chi connectivity index (χ2v) is 12.1. The van der Waals surface area contributed by atoms with E-state index in [1.165, 1.54) is 31.4 Å². The standard InChI is InChI=1S/C34H36F2N4O5/c1-34(2,42)18-44-30-15-22-26(16-29(30)43-3)37-13-11-27(22)45-28-9-8-21(14-24(28)36)40-33-31-25(10-12-38-33)39-17-23(32(31)41)19-4-6-20(35)7-5-19/h4-9,11,13-16,23,25,31,33,38-40,42H,10,12,17-18H2,1-3H3. The Balaban J connectivity index is 1.21. The normalized spacial score (nSPS) is 21.7. The number of ketones is 1. The number of rotatable bonds is 9. The molecular weight excluding hydrogens is 582 g/mol. The second-order valence-electron chi connectivity index (χ2n) is 12.1. The molecule has 236 valence electrons. The number of carbonyl (C=O) groups excluding carboxylic acids is 1. The van der Waals surface area contributed by atoms with Crippen LogP contribution in [0.5, 0.6) is 23.0 Å². The van der Waals surface area contributed by atoms with Gasteiger partial charge in [0.1, 0.15) is 24.0 Å². The Morgan fingerprint density at radius 3 is 2.53 bits per heavy atom. The first-order valence-electron chi connectivity index (χ1n) is 14.9. The maximum absolute atomic E-state index is 15.5. The zero-order chi connectivity index (χ0) is 31.7. The molecule has 0 bridgehead atoms. The lowest BCUT2D eigenvalue weighted by Gasteiger charge is -2.44. The van der Waals surface area contributed by atoms with Crippen LogP contribution < -0.4 is 30.2 Å². The summed E-state index contributed by atoms with van der Waals surface area (Å²) in [4.78, 5) is 18.1. The molecule has 4 unspecified atom stereocenters. The molecule has 0 spiro atoms. The van der Waals surface area contributed by atoms with Gasteiger partial charge in [0.05, 0.1) is 36.2 Å². The average molecular weight is 619 g/mol. The van der Waals surface area contributed by atoms with Crippen molar-refractivity contribution in [1.29, 1.82) is 0 Å². The number of carbonyl (C=O) groups is 1. The Labute approximate surface area is 259 Å². The number of halogens is 2. The number of ether oxygens (including phenoxy) is 3. The summed E-state index contributed by atoms with van der Waals surface area (Å²) < 4.78 is 46.3. The molecule has 3 aromatic carbocycles. The van der Waals surface area contributed by atoms with Crippen molar-refractivity contribution in [2.75, 3.05) is 32.1 Å². The van der Waals surface area contributed by atoms with Crippen LogP contribution in [-0.2, 0) is 4.79 Å². The van der Waals surface area contributed by atoms with Crippen LogP contribution in [0, 0.1) is 17.6 Å². The highest BCUT2D eigenvalue weighted by Crippen LogP contribution is 2.38. The number of hydrogen-bond donors (Lipinski definition) is 4. The van der Waals surface area contributed by atoms with Gasteiger partial charge in [0.15, 0.2) is 23.1 Å². The smallest absolute Gasteiger partial charge is 0.167 e. The minimum Gasteiger partial charge on any atom is -0.493 e. The van der Waals surface area contributed by atoms with Crippen molar-refractivity contribution >= 4 is 22.4 Å². The van der Waals surface area contributed by atoms with E-state index in [1.54, 1.807) is 56.4 Å². The monoisotopic (exact) mass is 618 g/mol. The van der Waals surface area contributed by atoms with E-state index in [-0.39, 0.29) is 30.0 Å². The molecular formula is C34H36F2N4O5. The van der Waals surface area contributed by atoms with Crippen LogP contribution in [-0.4, -0.2) is 60.5 Å². The molecule has 6 rings (SSSR count). The molecule has 45 heavy (non-hydrogen) atoms. The summed E-state index contributed by atoms with van der Waals surface area (Å²) in [5.41, 5.74) is 0.747. The maximum atomic E-state index is 15.5. The van der Waals surface area contributed by atoms with Gasteiger partial charge in [-0.25, -0.2) is 8.78 Å². The number of nitrogens with zero attached hydrogens (tertiary/aromatic N) is 1. The molecule has 0 amide bonds. The van der Waals surface area contributed by atoms with Crippen molar-refractivity contribution in [3.63, 3.8) is 0 Å². The zero-order valence-electron chi connectivity index (χ0n) is 25.3. The fourth-order valence-corrected chi connectivity index (χ4v) is 5.96. The lowest BCUT2D eigenvalue weighted by molar-refractivity contribution is -0.128. The van der Waals surface area contributed by atoms with Crippen LogP contribution in [0.3, 0.4) is 0 Å². The number of aromatic nitrogens is 1. The number of anilines is 1. The van der Waals surface area contributed by atoms with Crippen LogP contribution >= 0.6 is 0 Å². The Bertz CT molecular complexity index is 1700. The Morgan fingerprint density at radius 2 is 1.80 bits per heavy atom. The summed E-state index contributed by atoms with van der Waals surface area (Å²) in [5.74, 6) is -0.510. The van der Waals surface area contributed by atoms with Crippen LogP contribution in [0.15, 0.2) is 66.9 Å². The molecule has 11 heteroatoms. The van der Waals surface area contributed by atoms with Gasteiger partial charge in [-0.05, 0) is 68.8 Å². The van der Waals surface area contributed by atoms with Crippen molar-refractivity contribution in [2.45, 2.75) is 44.0 Å². The van der Waals surface area contributed by atoms with Gasteiger partial charge < -0.3 is 30.0 Å². The van der Waals surface area contributed by atoms with Crippen LogP contribution in [0.2, 0.25) is 0 Å². The summed E-state index contributed by atoms with van der Waals surface area (Å²) in [7, 11) is 1.51.